The Bertz CT molecular complexity index is 2990. The summed E-state index contributed by atoms with van der Waals surface area (Å²) < 4.78 is 2.49. The number of hydrogen-bond donors (Lipinski definition) is 2. The maximum Gasteiger partial charge on any atom is 0.105 e. The fraction of sp³-hybridized carbons (Fsp3) is 0.0400. The van der Waals surface area contributed by atoms with E-state index in [1.54, 1.807) is 0 Å². The lowest BCUT2D eigenvalue weighted by molar-refractivity contribution is 0.445. The first-order valence-electron chi connectivity index (χ1n) is 18.4. The number of rotatable bonds is 4. The summed E-state index contributed by atoms with van der Waals surface area (Å²) in [6.07, 6.45) is 2.20. The van der Waals surface area contributed by atoms with Gasteiger partial charge in [-0.15, -0.1) is 0 Å². The fourth-order valence-corrected chi connectivity index (χ4v) is 8.77. The lowest BCUT2D eigenvalue weighted by Gasteiger charge is -2.34. The highest BCUT2D eigenvalue weighted by Gasteiger charge is 2.26. The predicted octanol–water partition coefficient (Wildman–Crippen LogP) is 12.4. The SMILES string of the molecule is C1=C(c2ccccc2)NC(c2cccc3c(-n4c5ccc6ccccc6c5c5c6ccccc6ccc54)cccc23)NC1c1ccc2ccccc2c1. The van der Waals surface area contributed by atoms with Crippen LogP contribution in [-0.2, 0) is 0 Å². The Morgan fingerprint density at radius 1 is 0.434 bits per heavy atom. The molecule has 2 atom stereocenters. The van der Waals surface area contributed by atoms with Gasteiger partial charge in [0.2, 0.25) is 0 Å². The Morgan fingerprint density at radius 2 is 1.02 bits per heavy atom. The van der Waals surface area contributed by atoms with E-state index in [0.717, 1.165) is 5.70 Å². The molecule has 2 unspecified atom stereocenters. The summed E-state index contributed by atoms with van der Waals surface area (Å²) in [5.41, 5.74) is 8.37. The highest BCUT2D eigenvalue weighted by molar-refractivity contribution is 6.28. The molecule has 1 aliphatic heterocycles. The smallest absolute Gasteiger partial charge is 0.105 e. The van der Waals surface area contributed by atoms with E-state index < -0.39 is 0 Å². The molecular formula is C50H35N3. The highest BCUT2D eigenvalue weighted by atomic mass is 15.2. The van der Waals surface area contributed by atoms with Gasteiger partial charge in [-0.05, 0) is 84.7 Å². The molecule has 53 heavy (non-hydrogen) atoms. The normalized spacial score (nSPS) is 16.1. The van der Waals surface area contributed by atoms with Crippen molar-refractivity contribution in [1.82, 2.24) is 15.2 Å². The molecule has 0 fully saturated rings. The Hall–Kier alpha value is -6.68. The third kappa shape index (κ3) is 4.78. The second kappa shape index (κ2) is 11.9. The van der Waals surface area contributed by atoms with Crippen LogP contribution in [0.1, 0.15) is 28.9 Å². The molecule has 1 aliphatic rings. The third-order valence-corrected chi connectivity index (χ3v) is 11.2. The second-order valence-corrected chi connectivity index (χ2v) is 14.2. The Labute approximate surface area is 307 Å². The van der Waals surface area contributed by atoms with Crippen molar-refractivity contribution < 1.29 is 0 Å². The van der Waals surface area contributed by atoms with Crippen LogP contribution in [-0.4, -0.2) is 4.57 Å². The molecule has 11 rings (SSSR count). The lowest BCUT2D eigenvalue weighted by Crippen LogP contribution is -2.39. The maximum atomic E-state index is 4.00. The topological polar surface area (TPSA) is 29.0 Å². The van der Waals surface area contributed by atoms with Crippen LogP contribution < -0.4 is 10.6 Å². The van der Waals surface area contributed by atoms with Crippen LogP contribution in [0.15, 0.2) is 188 Å². The van der Waals surface area contributed by atoms with Gasteiger partial charge in [-0.25, -0.2) is 0 Å². The van der Waals surface area contributed by atoms with Crippen molar-refractivity contribution in [3.63, 3.8) is 0 Å². The van der Waals surface area contributed by atoms with Gasteiger partial charge >= 0.3 is 0 Å². The summed E-state index contributed by atoms with van der Waals surface area (Å²) in [6, 6.07) is 66.4. The van der Waals surface area contributed by atoms with Crippen LogP contribution in [0.3, 0.4) is 0 Å². The zero-order valence-corrected chi connectivity index (χ0v) is 29.0. The minimum atomic E-state index is -0.128. The maximum absolute atomic E-state index is 4.00. The van der Waals surface area contributed by atoms with E-state index in [1.165, 1.54) is 87.3 Å². The van der Waals surface area contributed by atoms with Crippen LogP contribution in [0.5, 0.6) is 0 Å². The van der Waals surface area contributed by atoms with Crippen molar-refractivity contribution in [1.29, 1.82) is 0 Å². The summed E-state index contributed by atoms with van der Waals surface area (Å²) in [5, 5.41) is 20.5. The summed E-state index contributed by atoms with van der Waals surface area (Å²) in [4.78, 5) is 0. The molecule has 0 amide bonds. The summed E-state index contributed by atoms with van der Waals surface area (Å²) >= 11 is 0. The molecule has 250 valence electrons. The standard InChI is InChI=1S/C50H35N3/c1-2-15-35(16-3-1)43-31-44(37-25-24-32-12-4-5-17-36(32)30-37)52-50(51-43)42-22-10-21-41-40(42)20-11-23-45(41)53-46-28-26-33-13-6-8-18-38(33)48(46)49-39-19-9-7-14-34(39)27-29-47(49)53/h1-31,44,50-52H. The summed E-state index contributed by atoms with van der Waals surface area (Å²) in [6.45, 7) is 0. The number of hydrogen-bond acceptors (Lipinski definition) is 2. The predicted molar refractivity (Wildman–Crippen MR) is 223 cm³/mol. The molecule has 2 heterocycles. The number of benzene rings is 9. The van der Waals surface area contributed by atoms with Gasteiger partial charge < -0.3 is 9.88 Å². The van der Waals surface area contributed by atoms with E-state index >= 15 is 0 Å². The van der Waals surface area contributed by atoms with Crippen LogP contribution in [0, 0.1) is 0 Å². The Balaban J connectivity index is 1.12. The van der Waals surface area contributed by atoms with E-state index in [4.69, 9.17) is 0 Å². The van der Waals surface area contributed by atoms with Crippen molar-refractivity contribution >= 4 is 70.6 Å². The van der Waals surface area contributed by atoms with Crippen LogP contribution in [0.25, 0.3) is 76.3 Å². The number of nitrogens with one attached hydrogen (secondary N) is 2. The minimum Gasteiger partial charge on any atom is -0.366 e. The molecule has 3 nitrogen and oxygen atoms in total. The van der Waals surface area contributed by atoms with E-state index in [0.29, 0.717) is 0 Å². The molecule has 9 aromatic carbocycles. The average molecular weight is 678 g/mol. The van der Waals surface area contributed by atoms with Crippen molar-refractivity contribution in [2.45, 2.75) is 12.2 Å². The first-order valence-corrected chi connectivity index (χ1v) is 18.4. The van der Waals surface area contributed by atoms with Gasteiger partial charge in [0.25, 0.3) is 0 Å². The van der Waals surface area contributed by atoms with Gasteiger partial charge in [0.05, 0.1) is 22.8 Å². The van der Waals surface area contributed by atoms with E-state index in [-0.39, 0.29) is 12.2 Å². The summed E-state index contributed by atoms with van der Waals surface area (Å²) in [7, 11) is 0. The molecule has 2 N–H and O–H groups in total. The van der Waals surface area contributed by atoms with Crippen molar-refractivity contribution in [2.75, 3.05) is 0 Å². The zero-order chi connectivity index (χ0) is 34.9. The molecule has 0 aliphatic carbocycles. The quantitative estimate of drug-likeness (QED) is 0.194. The number of aromatic nitrogens is 1. The largest absolute Gasteiger partial charge is 0.366 e. The molecule has 0 bridgehead atoms. The van der Waals surface area contributed by atoms with Crippen molar-refractivity contribution in [2.24, 2.45) is 0 Å². The molecule has 0 saturated carbocycles. The van der Waals surface area contributed by atoms with Gasteiger partial charge in [0, 0.05) is 21.9 Å². The molecule has 10 aromatic rings. The first-order chi connectivity index (χ1) is 26.3. The van der Waals surface area contributed by atoms with Crippen LogP contribution in [0.2, 0.25) is 0 Å². The minimum absolute atomic E-state index is 0.0124. The van der Waals surface area contributed by atoms with Crippen LogP contribution in [0.4, 0.5) is 0 Å². The van der Waals surface area contributed by atoms with Crippen LogP contribution >= 0.6 is 0 Å². The molecule has 0 saturated heterocycles. The van der Waals surface area contributed by atoms with E-state index in [1.807, 2.05) is 0 Å². The van der Waals surface area contributed by atoms with Crippen molar-refractivity contribution in [3.8, 4) is 5.69 Å². The molecule has 0 spiro atoms. The van der Waals surface area contributed by atoms with Gasteiger partial charge in [0.15, 0.2) is 0 Å². The van der Waals surface area contributed by atoms with Gasteiger partial charge in [-0.1, -0.05) is 158 Å². The first kappa shape index (κ1) is 30.0. The second-order valence-electron chi connectivity index (χ2n) is 14.2. The zero-order valence-electron chi connectivity index (χ0n) is 29.0. The monoisotopic (exact) mass is 677 g/mol. The Kier molecular flexibility index (Phi) is 6.76. The van der Waals surface area contributed by atoms with E-state index in [2.05, 4.69) is 203 Å². The van der Waals surface area contributed by atoms with Gasteiger partial charge in [0.1, 0.15) is 6.17 Å². The fourth-order valence-electron chi connectivity index (χ4n) is 8.77. The molecular weight excluding hydrogens is 643 g/mol. The number of fused-ring (bicyclic) bond motifs is 9. The third-order valence-electron chi connectivity index (χ3n) is 11.2. The molecule has 0 radical (unpaired) electrons. The highest BCUT2D eigenvalue weighted by Crippen LogP contribution is 2.42. The van der Waals surface area contributed by atoms with Crippen molar-refractivity contribution in [3.05, 3.63) is 205 Å². The van der Waals surface area contributed by atoms with Gasteiger partial charge in [-0.3, -0.25) is 5.32 Å². The Morgan fingerprint density at radius 3 is 1.75 bits per heavy atom. The molecule has 3 heteroatoms. The van der Waals surface area contributed by atoms with E-state index in [9.17, 15) is 0 Å². The molecule has 1 aromatic heterocycles. The average Bonchev–Trinajstić information content (AvgIpc) is 3.58. The van der Waals surface area contributed by atoms with Gasteiger partial charge in [-0.2, -0.15) is 0 Å². The lowest BCUT2D eigenvalue weighted by atomic mass is 9.94. The summed E-state index contributed by atoms with van der Waals surface area (Å²) in [5.74, 6) is 0. The number of nitrogens with zero attached hydrogens (tertiary/aromatic N) is 1.